The predicted octanol–water partition coefficient (Wildman–Crippen LogP) is 4.46. The second-order valence-electron chi connectivity index (χ2n) is 5.98. The molecule has 0 bridgehead atoms. The fourth-order valence-electron chi connectivity index (χ4n) is 2.64. The summed E-state index contributed by atoms with van der Waals surface area (Å²) in [5, 5.41) is 7.62. The molecule has 7 nitrogen and oxygen atoms in total. The lowest BCUT2D eigenvalue weighted by Crippen LogP contribution is -2.13. The monoisotopic (exact) mass is 413 g/mol. The van der Waals surface area contributed by atoms with Crippen molar-refractivity contribution in [3.63, 3.8) is 0 Å². The first-order valence-corrected chi connectivity index (χ1v) is 9.27. The van der Waals surface area contributed by atoms with E-state index in [1.54, 1.807) is 35.8 Å². The Hall–Kier alpha value is -3.66. The first kappa shape index (κ1) is 18.7. The van der Waals surface area contributed by atoms with Gasteiger partial charge in [-0.1, -0.05) is 0 Å². The fourth-order valence-corrected chi connectivity index (χ4v) is 3.16. The highest BCUT2D eigenvalue weighted by atomic mass is 32.1. The van der Waals surface area contributed by atoms with Gasteiger partial charge >= 0.3 is 0 Å². The number of aromatic nitrogens is 3. The van der Waals surface area contributed by atoms with E-state index >= 15 is 0 Å². The van der Waals surface area contributed by atoms with Gasteiger partial charge in [0.05, 0.1) is 11.0 Å². The Kier molecular flexibility index (Phi) is 5.00. The van der Waals surface area contributed by atoms with Gasteiger partial charge in [-0.25, -0.2) is 18.7 Å². The number of alkyl halides is 2. The highest BCUT2D eigenvalue weighted by Crippen LogP contribution is 2.21. The summed E-state index contributed by atoms with van der Waals surface area (Å²) in [6.45, 7) is 0. The van der Waals surface area contributed by atoms with E-state index in [-0.39, 0.29) is 11.5 Å². The molecule has 0 radical (unpaired) electrons. The largest absolute Gasteiger partial charge is 0.337 e. The maximum atomic E-state index is 12.7. The highest BCUT2D eigenvalue weighted by Gasteiger charge is 2.14. The predicted molar refractivity (Wildman–Crippen MR) is 106 cm³/mol. The maximum Gasteiger partial charge on any atom is 0.295 e. The zero-order chi connectivity index (χ0) is 20.4. The average molecular weight is 413 g/mol. The molecule has 4 rings (SSSR count). The Balaban J connectivity index is 1.45. The zero-order valence-electron chi connectivity index (χ0n) is 14.6. The number of imidazole rings is 1. The van der Waals surface area contributed by atoms with Gasteiger partial charge in [0.15, 0.2) is 11.0 Å². The summed E-state index contributed by atoms with van der Waals surface area (Å²) in [5.74, 6) is -1.17. The average Bonchev–Trinajstić information content (AvgIpc) is 3.37. The number of rotatable bonds is 5. The molecule has 0 saturated heterocycles. The van der Waals surface area contributed by atoms with Gasteiger partial charge in [-0.05, 0) is 42.5 Å². The van der Waals surface area contributed by atoms with E-state index in [2.05, 4.69) is 25.6 Å². The van der Waals surface area contributed by atoms with Crippen LogP contribution in [0.5, 0.6) is 0 Å². The number of fused-ring (bicyclic) bond motifs is 1. The van der Waals surface area contributed by atoms with E-state index in [4.69, 9.17) is 0 Å². The second-order valence-corrected chi connectivity index (χ2v) is 6.87. The molecule has 0 aliphatic carbocycles. The Morgan fingerprint density at radius 1 is 1.00 bits per heavy atom. The van der Waals surface area contributed by atoms with Crippen molar-refractivity contribution >= 4 is 45.0 Å². The Labute approximate surface area is 166 Å². The number of nitrogens with one attached hydrogen (secondary N) is 3. The van der Waals surface area contributed by atoms with Gasteiger partial charge in [0.25, 0.3) is 18.2 Å². The van der Waals surface area contributed by atoms with Crippen LogP contribution in [-0.2, 0) is 0 Å². The van der Waals surface area contributed by atoms with Gasteiger partial charge in [0.1, 0.15) is 0 Å². The summed E-state index contributed by atoms with van der Waals surface area (Å²) >= 11 is 1.31. The lowest BCUT2D eigenvalue weighted by atomic mass is 10.1. The number of amides is 2. The van der Waals surface area contributed by atoms with Crippen LogP contribution in [0.4, 0.5) is 19.6 Å². The summed E-state index contributed by atoms with van der Waals surface area (Å²) in [7, 11) is 0. The van der Waals surface area contributed by atoms with E-state index in [9.17, 15) is 18.4 Å². The van der Waals surface area contributed by atoms with Crippen LogP contribution < -0.4 is 10.6 Å². The number of H-pyrrole nitrogens is 1. The van der Waals surface area contributed by atoms with Crippen molar-refractivity contribution in [3.05, 3.63) is 71.0 Å². The molecule has 2 amide bonds. The van der Waals surface area contributed by atoms with Crippen molar-refractivity contribution in [2.24, 2.45) is 0 Å². The van der Waals surface area contributed by atoms with Crippen molar-refractivity contribution in [3.8, 4) is 0 Å². The normalized spacial score (nSPS) is 11.0. The van der Waals surface area contributed by atoms with Crippen molar-refractivity contribution in [2.75, 3.05) is 10.6 Å². The second kappa shape index (κ2) is 7.76. The number of benzene rings is 2. The molecule has 0 spiro atoms. The molecular formula is C19H13F2N5O2S. The first-order valence-electron chi connectivity index (χ1n) is 8.39. The van der Waals surface area contributed by atoms with Crippen molar-refractivity contribution in [1.29, 1.82) is 0 Å². The molecule has 2 heterocycles. The Morgan fingerprint density at radius 2 is 1.72 bits per heavy atom. The first-order chi connectivity index (χ1) is 14.0. The molecule has 0 aliphatic heterocycles. The minimum atomic E-state index is -2.72. The molecule has 0 aliphatic rings. The number of carbonyl (C=O) groups excluding carboxylic acids is 2. The van der Waals surface area contributed by atoms with E-state index in [0.29, 0.717) is 27.4 Å². The van der Waals surface area contributed by atoms with Crippen LogP contribution in [0.15, 0.2) is 54.0 Å². The van der Waals surface area contributed by atoms with E-state index in [1.807, 2.05) is 0 Å². The Bertz CT molecular complexity index is 1170. The minimum absolute atomic E-state index is 0.285. The molecule has 3 N–H and O–H groups in total. The van der Waals surface area contributed by atoms with Crippen LogP contribution in [0.25, 0.3) is 11.0 Å². The lowest BCUT2D eigenvalue weighted by Gasteiger charge is -2.07. The molecule has 0 fully saturated rings. The standard InChI is InChI=1S/C19H13F2N5O2S/c20-15(21)16-24-13-6-3-11(9-14(13)25-16)18(28)23-12-4-1-10(2-5-12)17(27)26-19-22-7-8-29-19/h1-9,15H,(H,23,28)(H,24,25)(H,22,26,27). The topological polar surface area (TPSA) is 99.8 Å². The van der Waals surface area contributed by atoms with Crippen LogP contribution in [0.1, 0.15) is 33.0 Å². The highest BCUT2D eigenvalue weighted by molar-refractivity contribution is 7.13. The fraction of sp³-hybridized carbons (Fsp3) is 0.0526. The molecule has 0 saturated carbocycles. The number of aromatic amines is 1. The Morgan fingerprint density at radius 3 is 2.41 bits per heavy atom. The summed E-state index contributed by atoms with van der Waals surface area (Å²) < 4.78 is 25.5. The van der Waals surface area contributed by atoms with Crippen LogP contribution >= 0.6 is 11.3 Å². The molecule has 29 heavy (non-hydrogen) atoms. The molecule has 2 aromatic carbocycles. The van der Waals surface area contributed by atoms with Crippen LogP contribution in [0.3, 0.4) is 0 Å². The summed E-state index contributed by atoms with van der Waals surface area (Å²) in [6, 6.07) is 10.8. The quantitative estimate of drug-likeness (QED) is 0.450. The maximum absolute atomic E-state index is 12.7. The van der Waals surface area contributed by atoms with Crippen LogP contribution in [0, 0.1) is 0 Å². The number of hydrogen-bond acceptors (Lipinski definition) is 5. The zero-order valence-corrected chi connectivity index (χ0v) is 15.5. The molecular weight excluding hydrogens is 400 g/mol. The summed E-state index contributed by atoms with van der Waals surface area (Å²) in [6.07, 6.45) is -1.13. The van der Waals surface area contributed by atoms with Crippen LogP contribution in [0.2, 0.25) is 0 Å². The van der Waals surface area contributed by atoms with Gasteiger partial charge in [0.2, 0.25) is 0 Å². The van der Waals surface area contributed by atoms with E-state index < -0.39 is 18.2 Å². The molecule has 10 heteroatoms. The van der Waals surface area contributed by atoms with Crippen molar-refractivity contribution < 1.29 is 18.4 Å². The SMILES string of the molecule is O=C(Nc1ccc(C(=O)Nc2nccs2)cc1)c1ccc2nc(C(F)F)[nH]c2c1. The number of anilines is 2. The van der Waals surface area contributed by atoms with Gasteiger partial charge in [-0.15, -0.1) is 11.3 Å². The molecule has 0 unspecified atom stereocenters. The third-order valence-corrected chi connectivity index (χ3v) is 4.72. The smallest absolute Gasteiger partial charge is 0.295 e. The molecule has 146 valence electrons. The van der Waals surface area contributed by atoms with Crippen LogP contribution in [-0.4, -0.2) is 26.8 Å². The summed E-state index contributed by atoms with van der Waals surface area (Å²) in [5.41, 5.74) is 1.89. The molecule has 4 aromatic rings. The van der Waals surface area contributed by atoms with E-state index in [1.165, 1.54) is 29.5 Å². The third kappa shape index (κ3) is 4.11. The number of hydrogen-bond donors (Lipinski definition) is 3. The van der Waals surface area contributed by atoms with Crippen molar-refractivity contribution in [2.45, 2.75) is 6.43 Å². The summed E-state index contributed by atoms with van der Waals surface area (Å²) in [4.78, 5) is 34.9. The van der Waals surface area contributed by atoms with Gasteiger partial charge in [-0.3, -0.25) is 14.9 Å². The van der Waals surface area contributed by atoms with Gasteiger partial charge in [-0.2, -0.15) is 0 Å². The number of thiazole rings is 1. The molecule has 0 atom stereocenters. The van der Waals surface area contributed by atoms with E-state index in [0.717, 1.165) is 0 Å². The molecule has 2 aromatic heterocycles. The van der Waals surface area contributed by atoms with Crippen molar-refractivity contribution in [1.82, 2.24) is 15.0 Å². The number of halogens is 2. The minimum Gasteiger partial charge on any atom is -0.337 e. The number of carbonyl (C=O) groups is 2. The third-order valence-electron chi connectivity index (χ3n) is 4.03. The lowest BCUT2D eigenvalue weighted by molar-refractivity contribution is 0.102. The number of nitrogens with zero attached hydrogens (tertiary/aromatic N) is 2. The van der Waals surface area contributed by atoms with Gasteiger partial charge in [0, 0.05) is 28.4 Å². The van der Waals surface area contributed by atoms with Gasteiger partial charge < -0.3 is 10.3 Å².